The van der Waals surface area contributed by atoms with Crippen molar-refractivity contribution < 1.29 is 13.9 Å². The smallest absolute Gasteiger partial charge is 0.301 e. The number of aromatic nitrogens is 2. The number of fused-ring (bicyclic) bond motifs is 1. The second-order valence-corrected chi connectivity index (χ2v) is 7.47. The van der Waals surface area contributed by atoms with Crippen LogP contribution in [0.4, 0.5) is 6.01 Å². The largest absolute Gasteiger partial charge is 0.444 e. The molecule has 4 rings (SSSR count). The van der Waals surface area contributed by atoms with Crippen molar-refractivity contribution in [3.8, 4) is 10.8 Å². The zero-order valence-electron chi connectivity index (χ0n) is 14.9. The van der Waals surface area contributed by atoms with E-state index in [4.69, 9.17) is 27.1 Å². The molecule has 9 heteroatoms. The van der Waals surface area contributed by atoms with Crippen molar-refractivity contribution in [2.45, 2.75) is 19.8 Å². The fraction of sp³-hybridized carbons (Fsp3) is 0.158. The Morgan fingerprint density at radius 1 is 1.39 bits per heavy atom. The summed E-state index contributed by atoms with van der Waals surface area (Å²) in [6.07, 6.45) is 7.39. The number of oxazole rings is 1. The van der Waals surface area contributed by atoms with Gasteiger partial charge in [-0.15, -0.1) is 0 Å². The summed E-state index contributed by atoms with van der Waals surface area (Å²) in [6.45, 7) is 1.86. The Bertz CT molecular complexity index is 1090. The first-order valence-corrected chi connectivity index (χ1v) is 9.72. The van der Waals surface area contributed by atoms with Crippen LogP contribution in [-0.4, -0.2) is 20.7 Å². The van der Waals surface area contributed by atoms with Crippen molar-refractivity contribution >= 4 is 40.3 Å². The Hall–Kier alpha value is -3.04. The summed E-state index contributed by atoms with van der Waals surface area (Å²) in [5.74, 6) is 0.294. The average Bonchev–Trinajstić information content (AvgIpc) is 3.32. The highest BCUT2D eigenvalue weighted by molar-refractivity contribution is 7.81. The first-order valence-electron chi connectivity index (χ1n) is 8.50. The lowest BCUT2D eigenvalue weighted by atomic mass is 9.89. The number of aryl methyl sites for hydroxylation is 1. The van der Waals surface area contributed by atoms with E-state index in [-0.39, 0.29) is 11.9 Å². The molecule has 142 valence electrons. The predicted molar refractivity (Wildman–Crippen MR) is 110 cm³/mol. The van der Waals surface area contributed by atoms with Crippen LogP contribution in [0.2, 0.25) is 0 Å². The summed E-state index contributed by atoms with van der Waals surface area (Å²) < 4.78 is 11.2. The summed E-state index contributed by atoms with van der Waals surface area (Å²) in [4.78, 5) is 22.1. The van der Waals surface area contributed by atoms with E-state index in [1.807, 2.05) is 13.0 Å². The molecule has 3 aromatic rings. The molecule has 0 saturated heterocycles. The van der Waals surface area contributed by atoms with Gasteiger partial charge in [0.1, 0.15) is 12.0 Å². The van der Waals surface area contributed by atoms with Gasteiger partial charge < -0.3 is 14.9 Å². The average molecular weight is 412 g/mol. The fourth-order valence-electron chi connectivity index (χ4n) is 2.97. The Kier molecular flexibility index (Phi) is 4.93. The first kappa shape index (κ1) is 18.3. The number of nitrogens with zero attached hydrogens (tertiary/aromatic N) is 2. The standard InChI is InChI=1S/C19H16N4O3S2/c1-10-13(3-2-6-21-10)26-18-14-12(5-4-11(9-20)15(14)27)16(28-18)17(24)23-19-22-7-8-25-19/h2-3,6-9H,4-5,20H2,1H3,(H,22,23,24). The van der Waals surface area contributed by atoms with Crippen molar-refractivity contribution in [2.24, 2.45) is 5.73 Å². The Balaban J connectivity index is 1.77. The number of amides is 1. The van der Waals surface area contributed by atoms with Gasteiger partial charge in [0, 0.05) is 6.20 Å². The summed E-state index contributed by atoms with van der Waals surface area (Å²) in [7, 11) is 0. The van der Waals surface area contributed by atoms with Gasteiger partial charge in [0.2, 0.25) is 0 Å². The molecule has 0 saturated carbocycles. The number of thiophene rings is 1. The molecule has 0 unspecified atom stereocenters. The maximum absolute atomic E-state index is 12.8. The van der Waals surface area contributed by atoms with Crippen LogP contribution in [0.3, 0.4) is 0 Å². The van der Waals surface area contributed by atoms with Crippen molar-refractivity contribution in [3.63, 3.8) is 0 Å². The number of carbonyl (C=O) groups excluding carboxylic acids is 1. The number of ether oxygens (including phenoxy) is 1. The van der Waals surface area contributed by atoms with Crippen LogP contribution in [0.25, 0.3) is 0 Å². The Labute approximate surface area is 170 Å². The van der Waals surface area contributed by atoms with E-state index in [9.17, 15) is 4.79 Å². The van der Waals surface area contributed by atoms with Crippen LogP contribution in [-0.2, 0) is 6.42 Å². The van der Waals surface area contributed by atoms with Gasteiger partial charge in [0.25, 0.3) is 5.91 Å². The number of anilines is 1. The third-order valence-corrected chi connectivity index (χ3v) is 5.93. The lowest BCUT2D eigenvalue weighted by Gasteiger charge is -2.18. The number of thiocarbonyl (C=S) groups is 1. The molecule has 3 aromatic heterocycles. The lowest BCUT2D eigenvalue weighted by Crippen LogP contribution is -2.18. The van der Waals surface area contributed by atoms with E-state index < -0.39 is 0 Å². The molecule has 3 N–H and O–H groups in total. The monoisotopic (exact) mass is 412 g/mol. The van der Waals surface area contributed by atoms with E-state index >= 15 is 0 Å². The minimum atomic E-state index is -0.315. The lowest BCUT2D eigenvalue weighted by molar-refractivity contribution is 0.102. The molecule has 0 fully saturated rings. The third kappa shape index (κ3) is 3.30. The number of rotatable bonds is 4. The maximum Gasteiger partial charge on any atom is 0.301 e. The predicted octanol–water partition coefficient (Wildman–Crippen LogP) is 3.99. The number of nitrogens with one attached hydrogen (secondary N) is 1. The second-order valence-electron chi connectivity index (χ2n) is 6.07. The van der Waals surface area contributed by atoms with Gasteiger partial charge in [-0.25, -0.2) is 4.98 Å². The molecular weight excluding hydrogens is 396 g/mol. The van der Waals surface area contributed by atoms with Crippen LogP contribution in [0, 0.1) is 6.92 Å². The van der Waals surface area contributed by atoms with Gasteiger partial charge >= 0.3 is 6.01 Å². The van der Waals surface area contributed by atoms with Gasteiger partial charge in [0.15, 0.2) is 5.06 Å². The highest BCUT2D eigenvalue weighted by Gasteiger charge is 2.31. The minimum absolute atomic E-state index is 0.138. The topological polar surface area (TPSA) is 103 Å². The van der Waals surface area contributed by atoms with Gasteiger partial charge in [-0.3, -0.25) is 15.1 Å². The molecule has 1 aliphatic carbocycles. The van der Waals surface area contributed by atoms with E-state index in [0.29, 0.717) is 33.4 Å². The van der Waals surface area contributed by atoms with Crippen molar-refractivity contribution in [3.05, 3.63) is 64.3 Å². The van der Waals surface area contributed by atoms with Gasteiger partial charge in [-0.05, 0) is 49.2 Å². The van der Waals surface area contributed by atoms with E-state index in [1.165, 1.54) is 30.0 Å². The summed E-state index contributed by atoms with van der Waals surface area (Å²) in [5.41, 5.74) is 8.94. The van der Waals surface area contributed by atoms with Crippen LogP contribution in [0.15, 0.2) is 47.0 Å². The van der Waals surface area contributed by atoms with E-state index in [1.54, 1.807) is 12.3 Å². The van der Waals surface area contributed by atoms with E-state index in [0.717, 1.165) is 22.4 Å². The molecule has 0 radical (unpaired) electrons. The summed E-state index contributed by atoms with van der Waals surface area (Å²) in [6, 6.07) is 3.76. The Morgan fingerprint density at radius 3 is 2.96 bits per heavy atom. The zero-order chi connectivity index (χ0) is 19.7. The van der Waals surface area contributed by atoms with Crippen LogP contribution in [0.5, 0.6) is 10.8 Å². The molecule has 1 amide bonds. The number of carbonyl (C=O) groups is 1. The molecule has 0 spiro atoms. The van der Waals surface area contributed by atoms with Gasteiger partial charge in [-0.1, -0.05) is 23.6 Å². The van der Waals surface area contributed by atoms with Crippen molar-refractivity contribution in [1.29, 1.82) is 0 Å². The minimum Gasteiger partial charge on any atom is -0.444 e. The number of pyridine rings is 1. The maximum atomic E-state index is 12.8. The molecule has 1 aliphatic rings. The molecule has 7 nitrogen and oxygen atoms in total. The van der Waals surface area contributed by atoms with Crippen LogP contribution >= 0.6 is 23.6 Å². The SMILES string of the molecule is Cc1ncccc1Oc1sc(C(=O)Nc2ncco2)c2c1C(=S)C(=CN)CC2. The van der Waals surface area contributed by atoms with E-state index in [2.05, 4.69) is 15.3 Å². The van der Waals surface area contributed by atoms with Crippen LogP contribution in [0.1, 0.15) is 32.9 Å². The molecule has 0 aliphatic heterocycles. The van der Waals surface area contributed by atoms with Gasteiger partial charge in [-0.2, -0.15) is 0 Å². The van der Waals surface area contributed by atoms with Crippen molar-refractivity contribution in [1.82, 2.24) is 9.97 Å². The summed E-state index contributed by atoms with van der Waals surface area (Å²) >= 11 is 6.87. The molecule has 0 aromatic carbocycles. The number of nitrogens with two attached hydrogens (primary N) is 1. The molecular formula is C19H16N4O3S2. The molecule has 28 heavy (non-hydrogen) atoms. The Morgan fingerprint density at radius 2 is 2.25 bits per heavy atom. The fourth-order valence-corrected chi connectivity index (χ4v) is 4.54. The highest BCUT2D eigenvalue weighted by atomic mass is 32.1. The number of allylic oxidation sites excluding steroid dienone is 1. The number of hydrogen-bond acceptors (Lipinski definition) is 8. The normalized spacial score (nSPS) is 14.8. The van der Waals surface area contributed by atoms with Crippen LogP contribution < -0.4 is 15.8 Å². The third-order valence-electron chi connectivity index (χ3n) is 4.36. The zero-order valence-corrected chi connectivity index (χ0v) is 16.5. The first-order chi connectivity index (χ1) is 13.6. The number of hydrogen-bond donors (Lipinski definition) is 2. The summed E-state index contributed by atoms with van der Waals surface area (Å²) in [5, 5.41) is 3.21. The molecule has 3 heterocycles. The van der Waals surface area contributed by atoms with Crippen molar-refractivity contribution in [2.75, 3.05) is 5.32 Å². The van der Waals surface area contributed by atoms with Gasteiger partial charge in [0.05, 0.1) is 27.2 Å². The quantitative estimate of drug-likeness (QED) is 0.493. The molecule has 0 bridgehead atoms. The highest BCUT2D eigenvalue weighted by Crippen LogP contribution is 2.44. The molecule has 0 atom stereocenters. The second kappa shape index (κ2) is 7.53.